The summed E-state index contributed by atoms with van der Waals surface area (Å²) in [6.45, 7) is 5.59. The highest BCUT2D eigenvalue weighted by Gasteiger charge is 2.34. The molecule has 1 unspecified atom stereocenters. The van der Waals surface area contributed by atoms with E-state index in [9.17, 15) is 9.59 Å². The molecule has 1 aliphatic rings. The maximum absolute atomic E-state index is 12.3. The third-order valence-corrected chi connectivity index (χ3v) is 4.16. The molecular weight excluding hydrogens is 318 g/mol. The minimum atomic E-state index is -0.289. The van der Waals surface area contributed by atoms with Crippen molar-refractivity contribution >= 4 is 11.8 Å². The molecule has 25 heavy (non-hydrogen) atoms. The number of nitrogens with zero attached hydrogens (tertiary/aromatic N) is 3. The largest absolute Gasteiger partial charge is 0.349 e. The van der Waals surface area contributed by atoms with Crippen LogP contribution in [0.3, 0.4) is 0 Å². The fourth-order valence-electron chi connectivity index (χ4n) is 2.97. The summed E-state index contributed by atoms with van der Waals surface area (Å²) in [6.07, 6.45) is 0.282. The molecule has 0 radical (unpaired) electrons. The summed E-state index contributed by atoms with van der Waals surface area (Å²) >= 11 is 0. The van der Waals surface area contributed by atoms with E-state index in [2.05, 4.69) is 34.3 Å². The van der Waals surface area contributed by atoms with E-state index < -0.39 is 0 Å². The van der Waals surface area contributed by atoms with Crippen molar-refractivity contribution in [2.75, 3.05) is 13.1 Å². The predicted octanol–water partition coefficient (Wildman–Crippen LogP) is 1.59. The van der Waals surface area contributed by atoms with Gasteiger partial charge in [-0.3, -0.25) is 14.7 Å². The van der Waals surface area contributed by atoms with Crippen LogP contribution in [0.5, 0.6) is 0 Å². The first-order chi connectivity index (χ1) is 12.0. The number of nitrogens with one attached hydrogen (secondary N) is 2. The molecule has 1 atom stereocenters. The standard InChI is InChI=1S/C18H23N5O2/c1-12(2)10-23-11-14(8-16(23)24)18(25)19-9-15-20-17(22-21-15)13-6-4-3-5-7-13/h3-7,12,14H,8-11H2,1-2H3,(H,19,25)(H,20,21,22). The Morgan fingerprint density at radius 2 is 2.12 bits per heavy atom. The van der Waals surface area contributed by atoms with Crippen molar-refractivity contribution in [1.29, 1.82) is 0 Å². The Labute approximate surface area is 146 Å². The fraction of sp³-hybridized carbons (Fsp3) is 0.444. The van der Waals surface area contributed by atoms with E-state index in [0.29, 0.717) is 30.7 Å². The van der Waals surface area contributed by atoms with Crippen LogP contribution in [0, 0.1) is 11.8 Å². The Kier molecular flexibility index (Phi) is 5.11. The van der Waals surface area contributed by atoms with Gasteiger partial charge in [0.05, 0.1) is 12.5 Å². The van der Waals surface area contributed by atoms with Crippen molar-refractivity contribution in [3.8, 4) is 11.4 Å². The van der Waals surface area contributed by atoms with Crippen molar-refractivity contribution in [2.45, 2.75) is 26.8 Å². The number of aromatic amines is 1. The maximum atomic E-state index is 12.3. The van der Waals surface area contributed by atoms with Crippen LogP contribution >= 0.6 is 0 Å². The van der Waals surface area contributed by atoms with Crippen LogP contribution in [-0.4, -0.2) is 45.0 Å². The van der Waals surface area contributed by atoms with Crippen LogP contribution in [0.4, 0.5) is 0 Å². The first-order valence-corrected chi connectivity index (χ1v) is 8.55. The number of hydrogen-bond donors (Lipinski definition) is 2. The van der Waals surface area contributed by atoms with Crippen molar-refractivity contribution in [1.82, 2.24) is 25.4 Å². The van der Waals surface area contributed by atoms with Crippen LogP contribution in [0.25, 0.3) is 11.4 Å². The number of carbonyl (C=O) groups is 2. The van der Waals surface area contributed by atoms with Gasteiger partial charge in [0.15, 0.2) is 5.82 Å². The SMILES string of the molecule is CC(C)CN1CC(C(=O)NCc2nc(-c3ccccc3)n[nH]2)CC1=O. The number of amides is 2. The topological polar surface area (TPSA) is 91.0 Å². The maximum Gasteiger partial charge on any atom is 0.225 e. The van der Waals surface area contributed by atoms with Crippen LogP contribution in [-0.2, 0) is 16.1 Å². The molecule has 3 rings (SSSR count). The number of rotatable bonds is 6. The molecule has 132 valence electrons. The summed E-state index contributed by atoms with van der Waals surface area (Å²) in [5.74, 6) is 1.25. The molecule has 0 aliphatic carbocycles. The number of benzene rings is 1. The summed E-state index contributed by atoms with van der Waals surface area (Å²) in [5, 5.41) is 9.86. The highest BCUT2D eigenvalue weighted by atomic mass is 16.2. The highest BCUT2D eigenvalue weighted by molar-refractivity contribution is 5.89. The Hall–Kier alpha value is -2.70. The third-order valence-electron chi connectivity index (χ3n) is 4.16. The Bertz CT molecular complexity index is 741. The quantitative estimate of drug-likeness (QED) is 0.835. The van der Waals surface area contributed by atoms with Gasteiger partial charge in [0.1, 0.15) is 5.82 Å². The molecule has 1 saturated heterocycles. The minimum absolute atomic E-state index is 0.0554. The summed E-state index contributed by atoms with van der Waals surface area (Å²) in [7, 11) is 0. The third kappa shape index (κ3) is 4.23. The van der Waals surface area contributed by atoms with Gasteiger partial charge in [0.2, 0.25) is 11.8 Å². The van der Waals surface area contributed by atoms with E-state index in [1.807, 2.05) is 30.3 Å². The van der Waals surface area contributed by atoms with Gasteiger partial charge in [-0.25, -0.2) is 4.98 Å². The Morgan fingerprint density at radius 3 is 2.84 bits per heavy atom. The molecule has 2 amide bonds. The summed E-state index contributed by atoms with van der Waals surface area (Å²) < 4.78 is 0. The van der Waals surface area contributed by atoms with Gasteiger partial charge < -0.3 is 10.2 Å². The first kappa shape index (κ1) is 17.1. The fourth-order valence-corrected chi connectivity index (χ4v) is 2.97. The molecule has 1 aromatic carbocycles. The van der Waals surface area contributed by atoms with Gasteiger partial charge >= 0.3 is 0 Å². The zero-order valence-electron chi connectivity index (χ0n) is 14.5. The second kappa shape index (κ2) is 7.46. The van der Waals surface area contributed by atoms with Crippen molar-refractivity contribution in [2.24, 2.45) is 11.8 Å². The van der Waals surface area contributed by atoms with Gasteiger partial charge in [-0.2, -0.15) is 5.10 Å². The average molecular weight is 341 g/mol. The molecule has 1 fully saturated rings. The lowest BCUT2D eigenvalue weighted by Gasteiger charge is -2.18. The lowest BCUT2D eigenvalue weighted by molar-refractivity contribution is -0.129. The van der Waals surface area contributed by atoms with E-state index >= 15 is 0 Å². The first-order valence-electron chi connectivity index (χ1n) is 8.55. The van der Waals surface area contributed by atoms with Gasteiger partial charge in [0.25, 0.3) is 0 Å². The van der Waals surface area contributed by atoms with E-state index in [4.69, 9.17) is 0 Å². The summed E-state index contributed by atoms with van der Waals surface area (Å²) in [5.41, 5.74) is 0.919. The molecule has 1 aliphatic heterocycles. The van der Waals surface area contributed by atoms with Crippen molar-refractivity contribution in [3.05, 3.63) is 36.2 Å². The molecule has 0 saturated carbocycles. The van der Waals surface area contributed by atoms with E-state index in [0.717, 1.165) is 5.56 Å². The van der Waals surface area contributed by atoms with Crippen LogP contribution < -0.4 is 5.32 Å². The lowest BCUT2D eigenvalue weighted by atomic mass is 10.1. The van der Waals surface area contributed by atoms with Crippen molar-refractivity contribution in [3.63, 3.8) is 0 Å². The second-order valence-electron chi connectivity index (χ2n) is 6.78. The van der Waals surface area contributed by atoms with Crippen LogP contribution in [0.15, 0.2) is 30.3 Å². The average Bonchev–Trinajstić information content (AvgIpc) is 3.20. The zero-order valence-corrected chi connectivity index (χ0v) is 14.5. The molecule has 0 bridgehead atoms. The molecule has 2 heterocycles. The molecular formula is C18H23N5O2. The van der Waals surface area contributed by atoms with Crippen LogP contribution in [0.1, 0.15) is 26.1 Å². The number of H-pyrrole nitrogens is 1. The van der Waals surface area contributed by atoms with E-state index in [1.54, 1.807) is 4.90 Å². The Morgan fingerprint density at radius 1 is 1.36 bits per heavy atom. The monoisotopic (exact) mass is 341 g/mol. The number of aromatic nitrogens is 3. The summed E-state index contributed by atoms with van der Waals surface area (Å²) in [4.78, 5) is 30.5. The summed E-state index contributed by atoms with van der Waals surface area (Å²) in [6, 6.07) is 9.64. The number of carbonyl (C=O) groups excluding carboxylic acids is 2. The minimum Gasteiger partial charge on any atom is -0.349 e. The number of likely N-dealkylation sites (tertiary alicyclic amines) is 1. The molecule has 7 heteroatoms. The van der Waals surface area contributed by atoms with Crippen molar-refractivity contribution < 1.29 is 9.59 Å². The van der Waals surface area contributed by atoms with Gasteiger partial charge in [0, 0.05) is 25.1 Å². The molecule has 7 nitrogen and oxygen atoms in total. The Balaban J connectivity index is 1.53. The molecule has 0 spiro atoms. The van der Waals surface area contributed by atoms with Gasteiger partial charge in [-0.05, 0) is 5.92 Å². The molecule has 2 aromatic rings. The predicted molar refractivity (Wildman–Crippen MR) is 93.2 cm³/mol. The van der Waals surface area contributed by atoms with E-state index in [1.165, 1.54) is 0 Å². The number of hydrogen-bond acceptors (Lipinski definition) is 4. The van der Waals surface area contributed by atoms with Gasteiger partial charge in [-0.15, -0.1) is 0 Å². The lowest BCUT2D eigenvalue weighted by Crippen LogP contribution is -2.34. The highest BCUT2D eigenvalue weighted by Crippen LogP contribution is 2.19. The zero-order chi connectivity index (χ0) is 17.8. The molecule has 2 N–H and O–H groups in total. The molecule has 1 aromatic heterocycles. The second-order valence-corrected chi connectivity index (χ2v) is 6.78. The van der Waals surface area contributed by atoms with Gasteiger partial charge in [-0.1, -0.05) is 44.2 Å². The smallest absolute Gasteiger partial charge is 0.225 e. The normalized spacial score (nSPS) is 17.3. The van der Waals surface area contributed by atoms with Crippen LogP contribution in [0.2, 0.25) is 0 Å². The van der Waals surface area contributed by atoms with E-state index in [-0.39, 0.29) is 30.7 Å².